The molecule has 0 spiro atoms. The third-order valence-electron chi connectivity index (χ3n) is 2.39. The van der Waals surface area contributed by atoms with Gasteiger partial charge in [-0.3, -0.25) is 0 Å². The Kier molecular flexibility index (Phi) is 2.93. The van der Waals surface area contributed by atoms with Crippen molar-refractivity contribution in [3.63, 3.8) is 0 Å². The molecular formula is C11H18OSi. The van der Waals surface area contributed by atoms with Crippen molar-refractivity contribution in [2.24, 2.45) is 0 Å². The van der Waals surface area contributed by atoms with Crippen molar-refractivity contribution >= 4 is 13.3 Å². The first-order valence-electron chi connectivity index (χ1n) is 4.66. The van der Waals surface area contributed by atoms with E-state index in [9.17, 15) is 0 Å². The van der Waals surface area contributed by atoms with Gasteiger partial charge in [-0.05, 0) is 18.1 Å². The summed E-state index contributed by atoms with van der Waals surface area (Å²) in [6.07, 6.45) is 0. The molecule has 0 aliphatic rings. The lowest BCUT2D eigenvalue weighted by molar-refractivity contribution is 0.281. The lowest BCUT2D eigenvalue weighted by atomic mass is 10.1. The largest absolute Gasteiger partial charge is 0.392 e. The summed E-state index contributed by atoms with van der Waals surface area (Å²) < 4.78 is 0. The van der Waals surface area contributed by atoms with Crippen LogP contribution in [0.5, 0.6) is 0 Å². The van der Waals surface area contributed by atoms with Crippen LogP contribution in [-0.4, -0.2) is 13.2 Å². The fourth-order valence-electron chi connectivity index (χ4n) is 1.31. The van der Waals surface area contributed by atoms with Gasteiger partial charge in [0.2, 0.25) is 0 Å². The Labute approximate surface area is 81.4 Å². The second-order valence-corrected chi connectivity index (χ2v) is 9.63. The minimum Gasteiger partial charge on any atom is -0.392 e. The first-order valence-corrected chi connectivity index (χ1v) is 8.16. The molecule has 0 aliphatic heterocycles. The van der Waals surface area contributed by atoms with Crippen LogP contribution in [0, 0.1) is 6.92 Å². The molecule has 0 heterocycles. The van der Waals surface area contributed by atoms with Gasteiger partial charge >= 0.3 is 0 Å². The minimum atomic E-state index is -1.22. The second kappa shape index (κ2) is 3.64. The summed E-state index contributed by atoms with van der Waals surface area (Å²) in [5.41, 5.74) is 2.25. The molecule has 0 fully saturated rings. The Bertz CT molecular complexity index is 299. The van der Waals surface area contributed by atoms with Crippen molar-refractivity contribution in [1.82, 2.24) is 0 Å². The van der Waals surface area contributed by atoms with Gasteiger partial charge in [0.15, 0.2) is 0 Å². The van der Waals surface area contributed by atoms with Crippen LogP contribution < -0.4 is 5.19 Å². The first kappa shape index (κ1) is 10.5. The molecule has 1 aromatic carbocycles. The summed E-state index contributed by atoms with van der Waals surface area (Å²) in [6, 6.07) is 6.46. The van der Waals surface area contributed by atoms with Crippen LogP contribution in [0.3, 0.4) is 0 Å². The predicted octanol–water partition coefficient (Wildman–Crippen LogP) is 2.03. The van der Waals surface area contributed by atoms with Gasteiger partial charge in [0.05, 0.1) is 14.7 Å². The van der Waals surface area contributed by atoms with E-state index in [0.717, 1.165) is 5.56 Å². The quantitative estimate of drug-likeness (QED) is 0.714. The van der Waals surface area contributed by atoms with E-state index < -0.39 is 8.07 Å². The molecule has 0 bridgehead atoms. The lowest BCUT2D eigenvalue weighted by Gasteiger charge is -2.18. The highest BCUT2D eigenvalue weighted by Gasteiger charge is 2.16. The van der Waals surface area contributed by atoms with E-state index in [2.05, 4.69) is 37.8 Å². The highest BCUT2D eigenvalue weighted by Crippen LogP contribution is 2.09. The summed E-state index contributed by atoms with van der Waals surface area (Å²) in [4.78, 5) is 0. The average molecular weight is 194 g/mol. The molecule has 72 valence electrons. The fraction of sp³-hybridized carbons (Fsp3) is 0.455. The molecular weight excluding hydrogens is 176 g/mol. The Morgan fingerprint density at radius 3 is 2.31 bits per heavy atom. The summed E-state index contributed by atoms with van der Waals surface area (Å²) >= 11 is 0. The average Bonchev–Trinajstić information content (AvgIpc) is 2.03. The van der Waals surface area contributed by atoms with Crippen molar-refractivity contribution in [2.45, 2.75) is 33.2 Å². The maximum absolute atomic E-state index is 9.12. The summed E-state index contributed by atoms with van der Waals surface area (Å²) in [5, 5.41) is 10.5. The monoisotopic (exact) mass is 194 g/mol. The molecule has 1 N–H and O–H groups in total. The number of aryl methyl sites for hydroxylation is 1. The zero-order chi connectivity index (χ0) is 10.1. The molecule has 0 aromatic heterocycles. The van der Waals surface area contributed by atoms with Crippen LogP contribution in [0.4, 0.5) is 0 Å². The number of aliphatic hydroxyl groups is 1. The van der Waals surface area contributed by atoms with Gasteiger partial charge in [-0.1, -0.05) is 43.0 Å². The summed E-state index contributed by atoms with van der Waals surface area (Å²) in [7, 11) is -1.22. The molecule has 0 saturated carbocycles. The lowest BCUT2D eigenvalue weighted by Crippen LogP contribution is -2.37. The van der Waals surface area contributed by atoms with E-state index in [0.29, 0.717) is 0 Å². The maximum Gasteiger partial charge on any atom is 0.0776 e. The molecule has 0 radical (unpaired) electrons. The van der Waals surface area contributed by atoms with Crippen LogP contribution in [0.2, 0.25) is 19.6 Å². The van der Waals surface area contributed by atoms with E-state index in [1.54, 1.807) is 0 Å². The molecule has 0 aliphatic carbocycles. The number of hydrogen-bond acceptors (Lipinski definition) is 1. The number of benzene rings is 1. The van der Waals surface area contributed by atoms with E-state index in [1.165, 1.54) is 10.8 Å². The van der Waals surface area contributed by atoms with E-state index in [-0.39, 0.29) is 6.61 Å². The second-order valence-electron chi connectivity index (χ2n) is 4.55. The van der Waals surface area contributed by atoms with Gasteiger partial charge in [-0.2, -0.15) is 0 Å². The summed E-state index contributed by atoms with van der Waals surface area (Å²) in [5.74, 6) is 0. The molecule has 2 heteroatoms. The normalized spacial score (nSPS) is 11.8. The summed E-state index contributed by atoms with van der Waals surface area (Å²) in [6.45, 7) is 9.15. The fourth-order valence-corrected chi connectivity index (χ4v) is 2.50. The van der Waals surface area contributed by atoms with Crippen molar-refractivity contribution in [3.05, 3.63) is 29.3 Å². The Balaban J connectivity index is 3.14. The predicted molar refractivity (Wildman–Crippen MR) is 60.1 cm³/mol. The minimum absolute atomic E-state index is 0.157. The number of hydrogen-bond donors (Lipinski definition) is 1. The highest BCUT2D eigenvalue weighted by molar-refractivity contribution is 6.88. The van der Waals surface area contributed by atoms with Crippen LogP contribution >= 0.6 is 0 Å². The molecule has 1 rings (SSSR count). The third-order valence-corrected chi connectivity index (χ3v) is 4.43. The molecule has 0 saturated heterocycles. The molecule has 0 unspecified atom stereocenters. The first-order chi connectivity index (χ1) is 5.95. The molecule has 13 heavy (non-hydrogen) atoms. The number of aliphatic hydroxyl groups excluding tert-OH is 1. The molecule has 0 amide bonds. The van der Waals surface area contributed by atoms with Gasteiger partial charge < -0.3 is 5.11 Å². The van der Waals surface area contributed by atoms with E-state index in [1.807, 2.05) is 6.92 Å². The Morgan fingerprint density at radius 2 is 1.85 bits per heavy atom. The van der Waals surface area contributed by atoms with Gasteiger partial charge in [0, 0.05) is 0 Å². The van der Waals surface area contributed by atoms with Gasteiger partial charge in [-0.15, -0.1) is 0 Å². The van der Waals surface area contributed by atoms with E-state index in [4.69, 9.17) is 5.11 Å². The van der Waals surface area contributed by atoms with Gasteiger partial charge in [0.1, 0.15) is 0 Å². The zero-order valence-corrected chi connectivity index (χ0v) is 9.89. The van der Waals surface area contributed by atoms with Crippen molar-refractivity contribution in [3.8, 4) is 0 Å². The van der Waals surface area contributed by atoms with Crippen LogP contribution in [0.1, 0.15) is 11.1 Å². The van der Waals surface area contributed by atoms with Crippen molar-refractivity contribution in [1.29, 1.82) is 0 Å². The van der Waals surface area contributed by atoms with Crippen LogP contribution in [-0.2, 0) is 6.61 Å². The third kappa shape index (κ3) is 2.42. The zero-order valence-electron chi connectivity index (χ0n) is 8.89. The van der Waals surface area contributed by atoms with Crippen LogP contribution in [0.25, 0.3) is 0 Å². The molecule has 0 atom stereocenters. The Hall–Kier alpha value is -0.603. The van der Waals surface area contributed by atoms with Crippen molar-refractivity contribution < 1.29 is 5.11 Å². The molecule has 1 nitrogen and oxygen atoms in total. The maximum atomic E-state index is 9.12. The van der Waals surface area contributed by atoms with Gasteiger partial charge in [-0.25, -0.2) is 0 Å². The smallest absolute Gasteiger partial charge is 0.0776 e. The number of rotatable bonds is 2. The Morgan fingerprint density at radius 1 is 1.23 bits per heavy atom. The van der Waals surface area contributed by atoms with E-state index >= 15 is 0 Å². The highest BCUT2D eigenvalue weighted by atomic mass is 28.3. The SMILES string of the molecule is Cc1ccc([Si](C)(C)C)cc1CO. The standard InChI is InChI=1S/C11H18OSi/c1-9-5-6-11(13(2,3)4)7-10(9)8-12/h5-7,12H,8H2,1-4H3. The molecule has 1 aromatic rings. The van der Waals surface area contributed by atoms with Gasteiger partial charge in [0.25, 0.3) is 0 Å². The topological polar surface area (TPSA) is 20.2 Å². The van der Waals surface area contributed by atoms with Crippen molar-refractivity contribution in [2.75, 3.05) is 0 Å². The van der Waals surface area contributed by atoms with Crippen LogP contribution in [0.15, 0.2) is 18.2 Å².